The molecular formula is C11H13FN2O3. The van der Waals surface area contributed by atoms with Gasteiger partial charge in [-0.1, -0.05) is 5.16 Å². The Morgan fingerprint density at radius 3 is 2.88 bits per heavy atom. The van der Waals surface area contributed by atoms with Crippen molar-refractivity contribution in [2.24, 2.45) is 5.16 Å². The van der Waals surface area contributed by atoms with Gasteiger partial charge in [-0.15, -0.1) is 0 Å². The molecule has 0 unspecified atom stereocenters. The Bertz CT molecular complexity index is 433. The maximum Gasteiger partial charge on any atom is 0.150 e. The van der Waals surface area contributed by atoms with E-state index in [-0.39, 0.29) is 5.69 Å². The first-order valence-corrected chi connectivity index (χ1v) is 5.26. The molecule has 17 heavy (non-hydrogen) atoms. The van der Waals surface area contributed by atoms with Gasteiger partial charge in [0.05, 0.1) is 19.4 Å². The number of hydrogen-bond donors (Lipinski definition) is 2. The van der Waals surface area contributed by atoms with Crippen molar-refractivity contribution in [1.29, 1.82) is 0 Å². The fraction of sp³-hybridized carbons (Fsp3) is 0.455. The summed E-state index contributed by atoms with van der Waals surface area (Å²) < 4.78 is 18.1. The van der Waals surface area contributed by atoms with E-state index in [1.165, 1.54) is 6.07 Å². The Morgan fingerprint density at radius 2 is 2.29 bits per heavy atom. The highest BCUT2D eigenvalue weighted by molar-refractivity contribution is 5.76. The van der Waals surface area contributed by atoms with E-state index in [0.29, 0.717) is 31.7 Å². The maximum absolute atomic E-state index is 13.2. The Labute approximate surface area is 97.6 Å². The van der Waals surface area contributed by atoms with Crippen molar-refractivity contribution in [1.82, 2.24) is 4.98 Å². The number of oxime groups is 1. The highest BCUT2D eigenvalue weighted by atomic mass is 19.1. The Balaban J connectivity index is 2.03. The Morgan fingerprint density at radius 1 is 1.53 bits per heavy atom. The van der Waals surface area contributed by atoms with Crippen LogP contribution in [0.15, 0.2) is 17.3 Å². The number of aliphatic hydroxyl groups is 1. The third-order valence-corrected chi connectivity index (χ3v) is 2.70. The minimum absolute atomic E-state index is 0.0122. The van der Waals surface area contributed by atoms with Crippen molar-refractivity contribution in [3.05, 3.63) is 29.3 Å². The van der Waals surface area contributed by atoms with E-state index in [4.69, 9.17) is 9.94 Å². The molecule has 0 saturated carbocycles. The van der Waals surface area contributed by atoms with Crippen LogP contribution in [0.25, 0.3) is 0 Å². The number of aromatic nitrogens is 1. The molecule has 5 nitrogen and oxygen atoms in total. The van der Waals surface area contributed by atoms with Gasteiger partial charge in [0.15, 0.2) is 5.82 Å². The molecule has 1 aromatic rings. The third-order valence-electron chi connectivity index (χ3n) is 2.70. The fourth-order valence-corrected chi connectivity index (χ4v) is 1.63. The zero-order valence-corrected chi connectivity index (χ0v) is 9.14. The van der Waals surface area contributed by atoms with Crippen LogP contribution in [0.1, 0.15) is 17.8 Å². The van der Waals surface area contributed by atoms with Crippen molar-refractivity contribution >= 4 is 6.21 Å². The van der Waals surface area contributed by atoms with Crippen molar-refractivity contribution < 1.29 is 19.4 Å². The van der Waals surface area contributed by atoms with E-state index in [0.717, 1.165) is 6.21 Å². The molecule has 1 saturated heterocycles. The zero-order chi connectivity index (χ0) is 12.3. The molecule has 1 aliphatic heterocycles. The van der Waals surface area contributed by atoms with Gasteiger partial charge in [0.1, 0.15) is 11.3 Å². The molecule has 0 bridgehead atoms. The van der Waals surface area contributed by atoms with E-state index in [2.05, 4.69) is 10.1 Å². The predicted molar refractivity (Wildman–Crippen MR) is 57.7 cm³/mol. The number of hydrogen-bond acceptors (Lipinski definition) is 5. The van der Waals surface area contributed by atoms with Crippen LogP contribution in [0.2, 0.25) is 0 Å². The average molecular weight is 240 g/mol. The van der Waals surface area contributed by atoms with E-state index in [1.54, 1.807) is 6.07 Å². The van der Waals surface area contributed by atoms with E-state index < -0.39 is 11.4 Å². The number of pyridine rings is 1. The van der Waals surface area contributed by atoms with Crippen LogP contribution in [-0.2, 0) is 11.2 Å². The lowest BCUT2D eigenvalue weighted by Crippen LogP contribution is -2.49. The minimum atomic E-state index is -0.776. The minimum Gasteiger partial charge on any atom is -0.411 e. The number of ether oxygens (including phenoxy) is 1. The maximum atomic E-state index is 13.2. The number of aryl methyl sites for hydroxylation is 1. The molecular weight excluding hydrogens is 227 g/mol. The summed E-state index contributed by atoms with van der Waals surface area (Å²) in [6.07, 6.45) is 1.98. The molecule has 2 heterocycles. The molecule has 92 valence electrons. The second kappa shape index (κ2) is 4.77. The molecule has 0 spiro atoms. The average Bonchev–Trinajstić information content (AvgIpc) is 2.28. The quantitative estimate of drug-likeness (QED) is 0.462. The van der Waals surface area contributed by atoms with Gasteiger partial charge in [-0.2, -0.15) is 0 Å². The van der Waals surface area contributed by atoms with Gasteiger partial charge in [-0.05, 0) is 25.0 Å². The lowest BCUT2D eigenvalue weighted by molar-refractivity contribution is -0.180. The first-order valence-electron chi connectivity index (χ1n) is 5.26. The molecule has 1 aliphatic rings. The number of nitrogens with zero attached hydrogens (tertiary/aromatic N) is 2. The van der Waals surface area contributed by atoms with Gasteiger partial charge < -0.3 is 15.1 Å². The van der Waals surface area contributed by atoms with Crippen molar-refractivity contribution in [3.8, 4) is 0 Å². The Kier molecular flexibility index (Phi) is 3.35. The summed E-state index contributed by atoms with van der Waals surface area (Å²) in [7, 11) is 0. The summed E-state index contributed by atoms with van der Waals surface area (Å²) in [5, 5.41) is 20.9. The molecule has 0 amide bonds. The van der Waals surface area contributed by atoms with Gasteiger partial charge in [0.25, 0.3) is 0 Å². The molecule has 1 aromatic heterocycles. The second-order valence-corrected chi connectivity index (χ2v) is 4.13. The molecule has 2 rings (SSSR count). The SMILES string of the molecule is O/N=C\c1nc(CCC2(O)COC2)ccc1F. The van der Waals surface area contributed by atoms with Crippen molar-refractivity contribution in [2.75, 3.05) is 13.2 Å². The third kappa shape index (κ3) is 2.78. The first kappa shape index (κ1) is 11.9. The topological polar surface area (TPSA) is 74.9 Å². The highest BCUT2D eigenvalue weighted by Crippen LogP contribution is 2.22. The predicted octanol–water partition coefficient (Wildman–Crippen LogP) is 0.723. The monoisotopic (exact) mass is 240 g/mol. The van der Waals surface area contributed by atoms with Crippen LogP contribution in [0.4, 0.5) is 4.39 Å². The molecule has 1 fully saturated rings. The van der Waals surface area contributed by atoms with Crippen molar-refractivity contribution in [2.45, 2.75) is 18.4 Å². The van der Waals surface area contributed by atoms with Crippen LogP contribution in [0.5, 0.6) is 0 Å². The molecule has 0 radical (unpaired) electrons. The molecule has 2 N–H and O–H groups in total. The van der Waals surface area contributed by atoms with Gasteiger partial charge in [0, 0.05) is 5.69 Å². The second-order valence-electron chi connectivity index (χ2n) is 4.13. The summed E-state index contributed by atoms with van der Waals surface area (Å²) in [6, 6.07) is 2.81. The largest absolute Gasteiger partial charge is 0.411 e. The molecule has 0 aliphatic carbocycles. The summed E-state index contributed by atoms with van der Waals surface area (Å²) >= 11 is 0. The standard InChI is InChI=1S/C11H13FN2O3/c12-9-2-1-8(14-10(9)5-13-16)3-4-11(15)6-17-7-11/h1-2,5,15-16H,3-4,6-7H2/b13-5-. The molecule has 0 atom stereocenters. The lowest BCUT2D eigenvalue weighted by atomic mass is 9.95. The lowest BCUT2D eigenvalue weighted by Gasteiger charge is -2.36. The summed E-state index contributed by atoms with van der Waals surface area (Å²) in [5.74, 6) is -0.544. The van der Waals surface area contributed by atoms with Crippen LogP contribution < -0.4 is 0 Å². The van der Waals surface area contributed by atoms with Crippen LogP contribution in [-0.4, -0.2) is 40.3 Å². The number of rotatable bonds is 4. The van der Waals surface area contributed by atoms with Gasteiger partial charge in [-0.25, -0.2) is 9.37 Å². The first-order chi connectivity index (χ1) is 8.13. The molecule has 0 aromatic carbocycles. The normalized spacial score (nSPS) is 18.2. The van der Waals surface area contributed by atoms with Crippen LogP contribution in [0, 0.1) is 5.82 Å². The summed E-state index contributed by atoms with van der Waals surface area (Å²) in [5.41, 5.74) is -0.148. The zero-order valence-electron chi connectivity index (χ0n) is 9.14. The Hall–Kier alpha value is -1.53. The van der Waals surface area contributed by atoms with Crippen molar-refractivity contribution in [3.63, 3.8) is 0 Å². The van der Waals surface area contributed by atoms with Gasteiger partial charge in [0.2, 0.25) is 0 Å². The summed E-state index contributed by atoms with van der Waals surface area (Å²) in [4.78, 5) is 3.99. The van der Waals surface area contributed by atoms with E-state index >= 15 is 0 Å². The summed E-state index contributed by atoms with van der Waals surface area (Å²) in [6.45, 7) is 0.665. The smallest absolute Gasteiger partial charge is 0.150 e. The van der Waals surface area contributed by atoms with E-state index in [9.17, 15) is 9.50 Å². The molecule has 6 heteroatoms. The fourth-order valence-electron chi connectivity index (χ4n) is 1.63. The highest BCUT2D eigenvalue weighted by Gasteiger charge is 2.35. The van der Waals surface area contributed by atoms with Crippen LogP contribution in [0.3, 0.4) is 0 Å². The van der Waals surface area contributed by atoms with E-state index in [1.807, 2.05) is 0 Å². The number of halogens is 1. The van der Waals surface area contributed by atoms with Crippen LogP contribution >= 0.6 is 0 Å². The van der Waals surface area contributed by atoms with Gasteiger partial charge in [-0.3, -0.25) is 0 Å². The van der Waals surface area contributed by atoms with Gasteiger partial charge >= 0.3 is 0 Å².